The monoisotopic (exact) mass is 274 g/mol. The number of piperidine rings is 1. The molecule has 0 bridgehead atoms. The molecule has 1 heterocycles. The van der Waals surface area contributed by atoms with E-state index in [1.54, 1.807) is 20.8 Å². The van der Waals surface area contributed by atoms with Gasteiger partial charge in [0, 0.05) is 13.1 Å². The summed E-state index contributed by atoms with van der Waals surface area (Å²) in [6.07, 6.45) is -0.841. The number of ether oxygens (including phenoxy) is 1. The molecule has 19 heavy (non-hydrogen) atoms. The lowest BCUT2D eigenvalue weighted by Crippen LogP contribution is -2.57. The van der Waals surface area contributed by atoms with Gasteiger partial charge in [0.2, 0.25) is 5.91 Å². The van der Waals surface area contributed by atoms with Crippen LogP contribution in [0, 0.1) is 0 Å². The van der Waals surface area contributed by atoms with Crippen molar-refractivity contribution in [2.45, 2.75) is 44.9 Å². The quantitative estimate of drug-likeness (QED) is 0.628. The first kappa shape index (κ1) is 15.7. The molecule has 3 N–H and O–H groups in total. The number of hydrogen-bond acceptors (Lipinski definition) is 5. The molecule has 110 valence electrons. The van der Waals surface area contributed by atoms with E-state index >= 15 is 0 Å². The molecular weight excluding hydrogens is 252 g/mol. The maximum Gasteiger partial charge on any atom is 0.410 e. The molecule has 0 aromatic carbocycles. The van der Waals surface area contributed by atoms with E-state index in [0.29, 0.717) is 13.0 Å². The molecule has 1 aliphatic heterocycles. The molecule has 2 amide bonds. The zero-order valence-corrected chi connectivity index (χ0v) is 11.5. The lowest BCUT2D eigenvalue weighted by atomic mass is 10.0. The third-order valence-corrected chi connectivity index (χ3v) is 2.72. The number of carbonyl (C=O) groups excluding carboxylic acids is 2. The van der Waals surface area contributed by atoms with Gasteiger partial charge in [-0.2, -0.15) is 0 Å². The van der Waals surface area contributed by atoms with Gasteiger partial charge in [-0.25, -0.2) is 4.79 Å². The van der Waals surface area contributed by atoms with Crippen molar-refractivity contribution in [3.63, 3.8) is 0 Å². The maximum absolute atomic E-state index is 11.9. The first-order chi connectivity index (χ1) is 8.73. The third-order valence-electron chi connectivity index (χ3n) is 2.72. The van der Waals surface area contributed by atoms with Crippen LogP contribution in [0.2, 0.25) is 0 Å². The van der Waals surface area contributed by atoms with Crippen molar-refractivity contribution >= 4 is 12.0 Å². The number of hydrogen-bond donors (Lipinski definition) is 3. The van der Waals surface area contributed by atoms with Crippen LogP contribution in [-0.2, 0) is 9.53 Å². The Bertz CT molecular complexity index is 340. The van der Waals surface area contributed by atoms with Crippen LogP contribution >= 0.6 is 0 Å². The lowest BCUT2D eigenvalue weighted by Gasteiger charge is -2.37. The van der Waals surface area contributed by atoms with Crippen LogP contribution < -0.4 is 5.32 Å². The minimum Gasteiger partial charge on any atom is -0.444 e. The molecule has 0 spiro atoms. The van der Waals surface area contributed by atoms with Gasteiger partial charge in [-0.05, 0) is 27.2 Å². The first-order valence-electron chi connectivity index (χ1n) is 6.29. The Morgan fingerprint density at radius 1 is 1.42 bits per heavy atom. The standard InChI is InChI=1S/C12H22N2O5/c1-12(2,3)19-11(18)14-5-4-9(16)8(6-14)13-10(17)7-15/h8-9,15-16H,4-7H2,1-3H3,(H,13,17). The Morgan fingerprint density at radius 3 is 2.58 bits per heavy atom. The van der Waals surface area contributed by atoms with E-state index in [1.165, 1.54) is 4.90 Å². The van der Waals surface area contributed by atoms with Gasteiger partial charge in [0.15, 0.2) is 0 Å². The fraction of sp³-hybridized carbons (Fsp3) is 0.833. The number of nitrogens with zero attached hydrogens (tertiary/aromatic N) is 1. The molecule has 2 unspecified atom stereocenters. The average molecular weight is 274 g/mol. The second kappa shape index (κ2) is 6.21. The molecule has 0 radical (unpaired) electrons. The number of rotatable bonds is 2. The minimum atomic E-state index is -0.728. The molecular formula is C12H22N2O5. The molecule has 2 atom stereocenters. The third kappa shape index (κ3) is 5.04. The molecule has 7 heteroatoms. The Labute approximate surface area is 112 Å². The SMILES string of the molecule is CC(C)(C)OC(=O)N1CCC(O)C(NC(=O)CO)C1. The van der Waals surface area contributed by atoms with E-state index in [9.17, 15) is 14.7 Å². The highest BCUT2D eigenvalue weighted by Crippen LogP contribution is 2.15. The Morgan fingerprint density at radius 2 is 2.05 bits per heavy atom. The Balaban J connectivity index is 2.58. The Kier molecular flexibility index (Phi) is 5.13. The first-order valence-corrected chi connectivity index (χ1v) is 6.29. The largest absolute Gasteiger partial charge is 0.444 e. The van der Waals surface area contributed by atoms with Gasteiger partial charge < -0.3 is 25.2 Å². The highest BCUT2D eigenvalue weighted by Gasteiger charge is 2.33. The van der Waals surface area contributed by atoms with Crippen molar-refractivity contribution in [2.75, 3.05) is 19.7 Å². The van der Waals surface area contributed by atoms with E-state index in [4.69, 9.17) is 9.84 Å². The van der Waals surface area contributed by atoms with Crippen LogP contribution in [-0.4, -0.2) is 64.6 Å². The number of aliphatic hydroxyl groups is 2. The molecule has 0 aromatic rings. The molecule has 1 saturated heterocycles. The summed E-state index contributed by atoms with van der Waals surface area (Å²) in [5.74, 6) is -0.574. The fourth-order valence-electron chi connectivity index (χ4n) is 1.83. The normalized spacial score (nSPS) is 23.9. The van der Waals surface area contributed by atoms with Crippen LogP contribution in [0.15, 0.2) is 0 Å². The second-order valence-corrected chi connectivity index (χ2v) is 5.61. The summed E-state index contributed by atoms with van der Waals surface area (Å²) in [6, 6.07) is -0.582. The fourth-order valence-corrected chi connectivity index (χ4v) is 1.83. The summed E-state index contributed by atoms with van der Waals surface area (Å²) in [4.78, 5) is 24.4. The van der Waals surface area contributed by atoms with Gasteiger partial charge in [0.25, 0.3) is 0 Å². The molecule has 1 rings (SSSR count). The maximum atomic E-state index is 11.9. The molecule has 0 aliphatic carbocycles. The minimum absolute atomic E-state index is 0.168. The van der Waals surface area contributed by atoms with Crippen molar-refractivity contribution in [1.82, 2.24) is 10.2 Å². The van der Waals surface area contributed by atoms with Crippen LogP contribution in [0.1, 0.15) is 27.2 Å². The summed E-state index contributed by atoms with van der Waals surface area (Å²) < 4.78 is 5.24. The van der Waals surface area contributed by atoms with Crippen LogP contribution in [0.3, 0.4) is 0 Å². The summed E-state index contributed by atoms with van der Waals surface area (Å²) in [7, 11) is 0. The second-order valence-electron chi connectivity index (χ2n) is 5.61. The zero-order valence-electron chi connectivity index (χ0n) is 11.5. The van der Waals surface area contributed by atoms with E-state index in [-0.39, 0.29) is 6.54 Å². The van der Waals surface area contributed by atoms with E-state index in [1.807, 2.05) is 0 Å². The van der Waals surface area contributed by atoms with Crippen molar-refractivity contribution < 1.29 is 24.5 Å². The average Bonchev–Trinajstić information content (AvgIpc) is 2.29. The van der Waals surface area contributed by atoms with Gasteiger partial charge in [-0.3, -0.25) is 4.79 Å². The number of carbonyl (C=O) groups is 2. The van der Waals surface area contributed by atoms with E-state index < -0.39 is 36.4 Å². The molecule has 0 saturated carbocycles. The van der Waals surface area contributed by atoms with Crippen molar-refractivity contribution in [2.24, 2.45) is 0 Å². The van der Waals surface area contributed by atoms with Gasteiger partial charge in [-0.15, -0.1) is 0 Å². The van der Waals surface area contributed by atoms with Gasteiger partial charge in [0.1, 0.15) is 12.2 Å². The number of aliphatic hydroxyl groups excluding tert-OH is 2. The van der Waals surface area contributed by atoms with Gasteiger partial charge >= 0.3 is 6.09 Å². The van der Waals surface area contributed by atoms with E-state index in [2.05, 4.69) is 5.32 Å². The predicted molar refractivity (Wildman–Crippen MR) is 67.4 cm³/mol. The molecule has 7 nitrogen and oxygen atoms in total. The van der Waals surface area contributed by atoms with E-state index in [0.717, 1.165) is 0 Å². The molecule has 1 fully saturated rings. The molecule has 1 aliphatic rings. The summed E-state index contributed by atoms with van der Waals surface area (Å²) in [6.45, 7) is 5.22. The number of nitrogens with one attached hydrogen (secondary N) is 1. The topological polar surface area (TPSA) is 99.1 Å². The van der Waals surface area contributed by atoms with Gasteiger partial charge in [-0.1, -0.05) is 0 Å². The van der Waals surface area contributed by atoms with Crippen molar-refractivity contribution in [3.8, 4) is 0 Å². The summed E-state index contributed by atoms with van der Waals surface area (Å²) >= 11 is 0. The van der Waals surface area contributed by atoms with Crippen molar-refractivity contribution in [1.29, 1.82) is 0 Å². The van der Waals surface area contributed by atoms with Gasteiger partial charge in [0.05, 0.1) is 12.1 Å². The number of amides is 2. The Hall–Kier alpha value is -1.34. The highest BCUT2D eigenvalue weighted by atomic mass is 16.6. The summed E-state index contributed by atoms with van der Waals surface area (Å²) in [5, 5.41) is 20.9. The van der Waals surface area contributed by atoms with Crippen molar-refractivity contribution in [3.05, 3.63) is 0 Å². The molecule has 0 aromatic heterocycles. The summed E-state index contributed by atoms with van der Waals surface area (Å²) in [5.41, 5.74) is -0.586. The lowest BCUT2D eigenvalue weighted by molar-refractivity contribution is -0.126. The highest BCUT2D eigenvalue weighted by molar-refractivity contribution is 5.77. The zero-order chi connectivity index (χ0) is 14.6. The van der Waals surface area contributed by atoms with Crippen LogP contribution in [0.5, 0.6) is 0 Å². The smallest absolute Gasteiger partial charge is 0.410 e. The van der Waals surface area contributed by atoms with Crippen LogP contribution in [0.4, 0.5) is 4.79 Å². The van der Waals surface area contributed by atoms with Crippen LogP contribution in [0.25, 0.3) is 0 Å². The number of likely N-dealkylation sites (tertiary alicyclic amines) is 1. The predicted octanol–water partition coefficient (Wildman–Crippen LogP) is -0.535.